The molecule has 0 saturated carbocycles. The molecule has 0 bridgehead atoms. The van der Waals surface area contributed by atoms with Crippen molar-refractivity contribution in [1.82, 2.24) is 4.98 Å². The molecule has 4 rings (SSSR count). The van der Waals surface area contributed by atoms with E-state index in [9.17, 15) is 14.9 Å². The molecule has 10 heteroatoms. The van der Waals surface area contributed by atoms with Gasteiger partial charge in [0.25, 0.3) is 11.6 Å². The third kappa shape index (κ3) is 3.47. The summed E-state index contributed by atoms with van der Waals surface area (Å²) in [7, 11) is 0. The van der Waals surface area contributed by atoms with Gasteiger partial charge in [-0.25, -0.2) is 15.0 Å². The molecule has 146 valence electrons. The maximum atomic E-state index is 12.5. The number of amides is 1. The number of allylic oxidation sites excluding steroid dienone is 1. The molecule has 0 fully saturated rings. The summed E-state index contributed by atoms with van der Waals surface area (Å²) >= 11 is 0. The van der Waals surface area contributed by atoms with Gasteiger partial charge in [0, 0.05) is 24.3 Å². The molecular weight excluding hydrogens is 376 g/mol. The first-order chi connectivity index (χ1) is 13.8. The molecule has 0 radical (unpaired) electrons. The van der Waals surface area contributed by atoms with E-state index < -0.39 is 16.9 Å². The number of nitrogens with one attached hydrogen (secondary N) is 1. The van der Waals surface area contributed by atoms with Gasteiger partial charge < -0.3 is 9.73 Å². The topological polar surface area (TPSA) is 135 Å². The summed E-state index contributed by atoms with van der Waals surface area (Å²) in [6, 6.07) is 4.74. The van der Waals surface area contributed by atoms with Gasteiger partial charge in [-0.05, 0) is 31.5 Å². The zero-order valence-electron chi connectivity index (χ0n) is 15.8. The number of dihydropyridines is 1. The Morgan fingerprint density at radius 1 is 1.28 bits per heavy atom. The number of benzene rings is 1. The Bertz CT molecular complexity index is 1170. The van der Waals surface area contributed by atoms with Crippen molar-refractivity contribution in [1.29, 1.82) is 0 Å². The van der Waals surface area contributed by atoms with Gasteiger partial charge in [0.05, 0.1) is 10.6 Å². The number of anilines is 1. The van der Waals surface area contributed by atoms with Crippen molar-refractivity contribution in [3.8, 4) is 0 Å². The van der Waals surface area contributed by atoms with Gasteiger partial charge in [-0.3, -0.25) is 19.9 Å². The molecule has 2 aliphatic rings. The highest BCUT2D eigenvalue weighted by molar-refractivity contribution is 6.17. The van der Waals surface area contributed by atoms with Crippen molar-refractivity contribution in [2.75, 3.05) is 5.32 Å². The van der Waals surface area contributed by atoms with E-state index in [1.165, 1.54) is 12.3 Å². The fourth-order valence-corrected chi connectivity index (χ4v) is 3.06. The summed E-state index contributed by atoms with van der Waals surface area (Å²) < 4.78 is 5.35. The minimum absolute atomic E-state index is 0.116. The molecule has 2 aliphatic heterocycles. The summed E-state index contributed by atoms with van der Waals surface area (Å²) in [4.78, 5) is 39.9. The second kappa shape index (κ2) is 6.89. The lowest BCUT2D eigenvalue weighted by Gasteiger charge is -2.08. The summed E-state index contributed by atoms with van der Waals surface area (Å²) in [6.07, 6.45) is 2.58. The Kier molecular flexibility index (Phi) is 4.38. The first kappa shape index (κ1) is 18.4. The van der Waals surface area contributed by atoms with Gasteiger partial charge in [0.2, 0.25) is 5.76 Å². The van der Waals surface area contributed by atoms with Gasteiger partial charge in [-0.15, -0.1) is 0 Å². The minimum Gasteiger partial charge on any atom is -0.436 e. The van der Waals surface area contributed by atoms with Gasteiger partial charge >= 0.3 is 0 Å². The first-order valence-electron chi connectivity index (χ1n) is 8.75. The monoisotopic (exact) mass is 392 g/mol. The number of fused-ring (bicyclic) bond motifs is 1. The van der Waals surface area contributed by atoms with Crippen LogP contribution in [0.25, 0.3) is 0 Å². The van der Waals surface area contributed by atoms with E-state index in [1.807, 2.05) is 13.0 Å². The minimum atomic E-state index is -0.590. The number of amidine groups is 2. The summed E-state index contributed by atoms with van der Waals surface area (Å²) in [6.45, 7) is 5.26. The number of hydrogen-bond donors (Lipinski definition) is 1. The first-order valence-corrected chi connectivity index (χ1v) is 8.75. The van der Waals surface area contributed by atoms with E-state index in [0.29, 0.717) is 34.5 Å². The van der Waals surface area contributed by atoms with Crippen molar-refractivity contribution in [2.45, 2.75) is 26.8 Å². The second-order valence-electron chi connectivity index (χ2n) is 6.61. The van der Waals surface area contributed by atoms with Crippen LogP contribution in [0.5, 0.6) is 0 Å². The lowest BCUT2D eigenvalue weighted by Crippen LogP contribution is -2.18. The molecule has 2 aromatic rings. The second-order valence-corrected chi connectivity index (χ2v) is 6.61. The van der Waals surface area contributed by atoms with Crippen molar-refractivity contribution >= 4 is 29.5 Å². The molecule has 1 aromatic heterocycles. The molecule has 0 saturated heterocycles. The van der Waals surface area contributed by atoms with Crippen LogP contribution in [0.1, 0.15) is 33.3 Å². The Balaban J connectivity index is 1.62. The number of nitro groups is 1. The van der Waals surface area contributed by atoms with E-state index in [1.54, 1.807) is 26.0 Å². The van der Waals surface area contributed by atoms with Crippen molar-refractivity contribution in [3.63, 3.8) is 0 Å². The van der Waals surface area contributed by atoms with Crippen LogP contribution in [0.2, 0.25) is 0 Å². The predicted molar refractivity (Wildman–Crippen MR) is 106 cm³/mol. The van der Waals surface area contributed by atoms with Crippen molar-refractivity contribution in [2.24, 2.45) is 15.0 Å². The summed E-state index contributed by atoms with van der Waals surface area (Å²) in [5, 5.41) is 13.7. The molecule has 1 N–H and O–H groups in total. The van der Waals surface area contributed by atoms with E-state index >= 15 is 0 Å². The number of aryl methyl sites for hydroxylation is 3. The van der Waals surface area contributed by atoms with Gasteiger partial charge in [-0.1, -0.05) is 6.07 Å². The number of carbonyl (C=O) groups excluding carboxylic acids is 1. The van der Waals surface area contributed by atoms with Crippen LogP contribution in [0, 0.1) is 30.9 Å². The number of carbonyl (C=O) groups is 1. The van der Waals surface area contributed by atoms with Crippen LogP contribution in [0.4, 0.5) is 5.69 Å². The number of aromatic nitrogens is 1. The molecule has 3 heterocycles. The van der Waals surface area contributed by atoms with Crippen LogP contribution < -0.4 is 5.32 Å². The van der Waals surface area contributed by atoms with Crippen molar-refractivity contribution in [3.05, 3.63) is 68.6 Å². The largest absolute Gasteiger partial charge is 0.436 e. The Morgan fingerprint density at radius 2 is 2.07 bits per heavy atom. The molecule has 1 atom stereocenters. The molecule has 10 nitrogen and oxygen atoms in total. The van der Waals surface area contributed by atoms with E-state index in [2.05, 4.69) is 25.3 Å². The number of nitrogens with zero attached hydrogens (tertiary/aromatic N) is 5. The maximum Gasteiger partial charge on any atom is 0.293 e. The maximum absolute atomic E-state index is 12.5. The van der Waals surface area contributed by atoms with Crippen LogP contribution in [-0.4, -0.2) is 39.7 Å². The smallest absolute Gasteiger partial charge is 0.293 e. The average Bonchev–Trinajstić information content (AvgIpc) is 3.24. The predicted octanol–water partition coefficient (Wildman–Crippen LogP) is 2.62. The normalized spacial score (nSPS) is 17.3. The lowest BCUT2D eigenvalue weighted by molar-refractivity contribution is -0.414. The molecule has 1 aromatic carbocycles. The number of hydrogen-bond acceptors (Lipinski definition) is 8. The molecule has 0 spiro atoms. The molecule has 1 amide bonds. The summed E-state index contributed by atoms with van der Waals surface area (Å²) in [5.74, 6) is 0.962. The fraction of sp³-hybridized carbons (Fsp3) is 0.211. The molecule has 0 aliphatic carbocycles. The zero-order chi connectivity index (χ0) is 20.7. The third-order valence-corrected chi connectivity index (χ3v) is 4.46. The van der Waals surface area contributed by atoms with Crippen molar-refractivity contribution < 1.29 is 14.1 Å². The van der Waals surface area contributed by atoms with Crippen LogP contribution in [-0.2, 0) is 0 Å². The molecule has 1 unspecified atom stereocenters. The zero-order valence-corrected chi connectivity index (χ0v) is 15.8. The number of rotatable bonds is 4. The molecular formula is C19H16N6O4. The van der Waals surface area contributed by atoms with Crippen LogP contribution in [0.15, 0.2) is 49.4 Å². The van der Waals surface area contributed by atoms with E-state index in [-0.39, 0.29) is 11.5 Å². The Labute approximate surface area is 165 Å². The SMILES string of the molecule is Cc1nc(C)c(C(=O)Nc2ccc(C)c(C3=NC4C=C([N+](=O)[O-])C=NC4=N3)c2)o1. The Morgan fingerprint density at radius 3 is 2.76 bits per heavy atom. The van der Waals surface area contributed by atoms with Crippen LogP contribution >= 0.6 is 0 Å². The Hall–Kier alpha value is -3.95. The van der Waals surface area contributed by atoms with Gasteiger partial charge in [0.1, 0.15) is 12.3 Å². The lowest BCUT2D eigenvalue weighted by atomic mass is 10.1. The average molecular weight is 392 g/mol. The number of oxazole rings is 1. The highest BCUT2D eigenvalue weighted by Gasteiger charge is 2.28. The fourth-order valence-electron chi connectivity index (χ4n) is 3.06. The summed E-state index contributed by atoms with van der Waals surface area (Å²) in [5.41, 5.74) is 2.51. The number of aliphatic imine (C=N–C) groups is 3. The van der Waals surface area contributed by atoms with Crippen LogP contribution in [0.3, 0.4) is 0 Å². The van der Waals surface area contributed by atoms with Gasteiger partial charge in [-0.2, -0.15) is 0 Å². The quantitative estimate of drug-likeness (QED) is 0.630. The highest BCUT2D eigenvalue weighted by atomic mass is 16.6. The standard InChI is InChI=1S/C19H16N6O4/c1-9-4-5-12(22-19(26)16-10(2)21-11(3)29-16)6-14(9)17-23-15-7-13(25(27)28)8-20-18(15)24-17/h4-8,15H,1-3H3,(H,22,26). The molecule has 29 heavy (non-hydrogen) atoms. The van der Waals surface area contributed by atoms with Gasteiger partial charge in [0.15, 0.2) is 17.6 Å². The third-order valence-electron chi connectivity index (χ3n) is 4.46. The van der Waals surface area contributed by atoms with E-state index in [0.717, 1.165) is 5.56 Å². The van der Waals surface area contributed by atoms with E-state index in [4.69, 9.17) is 4.42 Å². The highest BCUT2D eigenvalue weighted by Crippen LogP contribution is 2.23.